The van der Waals surface area contributed by atoms with Crippen LogP contribution < -0.4 is 17.7 Å². The summed E-state index contributed by atoms with van der Waals surface area (Å²) in [7, 11) is 7.77. The first-order valence-corrected chi connectivity index (χ1v) is 7.36. The number of hydrogen-bond donors (Lipinski definition) is 1. The van der Waals surface area contributed by atoms with Gasteiger partial charge in [-0.15, -0.1) is 0 Å². The molecule has 0 fully saturated rings. The van der Waals surface area contributed by atoms with Crippen LogP contribution in [0.2, 0.25) is 0 Å². The first-order valence-electron chi connectivity index (χ1n) is 7.36. The van der Waals surface area contributed by atoms with E-state index in [4.69, 9.17) is 0 Å². The predicted molar refractivity (Wildman–Crippen MR) is 86.8 cm³/mol. The number of nitrogens with one attached hydrogen (secondary N) is 1. The van der Waals surface area contributed by atoms with E-state index in [0.29, 0.717) is 12.0 Å². The lowest BCUT2D eigenvalue weighted by atomic mass is 9.99. The lowest BCUT2D eigenvalue weighted by molar-refractivity contribution is -0.890. The van der Waals surface area contributed by atoms with Gasteiger partial charge in [0.25, 0.3) is 0 Å². The van der Waals surface area contributed by atoms with Gasteiger partial charge in [-0.2, -0.15) is 0 Å². The summed E-state index contributed by atoms with van der Waals surface area (Å²) in [5.74, 6) is 0.0455. The van der Waals surface area contributed by atoms with E-state index in [-0.39, 0.29) is 29.8 Å². The highest BCUT2D eigenvalue weighted by atomic mass is 35.5. The molecule has 0 aliphatic rings. The Morgan fingerprint density at radius 2 is 1.68 bits per heavy atom. The maximum absolute atomic E-state index is 11.7. The van der Waals surface area contributed by atoms with Gasteiger partial charge < -0.3 is 27.1 Å². The van der Waals surface area contributed by atoms with Gasteiger partial charge >= 0.3 is 0 Å². The average molecular weight is 334 g/mol. The van der Waals surface area contributed by atoms with Crippen LogP contribution in [0.25, 0.3) is 0 Å². The topological polar surface area (TPSA) is 49.4 Å². The minimum Gasteiger partial charge on any atom is -1.00 e. The van der Waals surface area contributed by atoms with Crippen LogP contribution in [0.4, 0.5) is 0 Å². The summed E-state index contributed by atoms with van der Waals surface area (Å²) in [4.78, 5) is 25.0. The van der Waals surface area contributed by atoms with Gasteiger partial charge in [0.1, 0.15) is 0 Å². The Kier molecular flexibility index (Phi) is 9.65. The zero-order valence-corrected chi connectivity index (χ0v) is 15.9. The van der Waals surface area contributed by atoms with Crippen LogP contribution in [-0.2, 0) is 9.59 Å². The van der Waals surface area contributed by atoms with Crippen molar-refractivity contribution in [3.8, 4) is 0 Å². The zero-order chi connectivity index (χ0) is 16.8. The molecule has 0 heterocycles. The van der Waals surface area contributed by atoms with Gasteiger partial charge in [-0.05, 0) is 20.8 Å². The summed E-state index contributed by atoms with van der Waals surface area (Å²) in [6.45, 7) is 11.1. The Hall–Kier alpha value is -1.07. The third kappa shape index (κ3) is 9.79. The number of quaternary nitrogens is 1. The number of nitrogens with zero attached hydrogens (tertiary/aromatic N) is 2. The smallest absolute Gasteiger partial charge is 0.246 e. The van der Waals surface area contributed by atoms with Gasteiger partial charge in [0.05, 0.1) is 33.6 Å². The van der Waals surface area contributed by atoms with Crippen LogP contribution in [0.15, 0.2) is 12.2 Å². The van der Waals surface area contributed by atoms with E-state index < -0.39 is 0 Å². The van der Waals surface area contributed by atoms with Crippen molar-refractivity contribution in [3.05, 3.63) is 12.2 Å². The van der Waals surface area contributed by atoms with E-state index in [9.17, 15) is 9.59 Å². The molecule has 0 saturated heterocycles. The Morgan fingerprint density at radius 1 is 1.18 bits per heavy atom. The van der Waals surface area contributed by atoms with Crippen molar-refractivity contribution in [1.29, 1.82) is 0 Å². The molecule has 0 spiro atoms. The van der Waals surface area contributed by atoms with Crippen LogP contribution in [0.3, 0.4) is 0 Å². The molecule has 2 amide bonds. The Bertz CT molecular complexity index is 404. The third-order valence-corrected chi connectivity index (χ3v) is 3.61. The van der Waals surface area contributed by atoms with Gasteiger partial charge in [0, 0.05) is 31.6 Å². The monoisotopic (exact) mass is 333 g/mol. The molecule has 130 valence electrons. The summed E-state index contributed by atoms with van der Waals surface area (Å²) in [6, 6.07) is 0. The number of carbonyl (C=O) groups is 2. The molecule has 0 atom stereocenters. The molecular weight excluding hydrogens is 302 g/mol. The molecule has 0 saturated carbocycles. The molecule has 5 nitrogen and oxygen atoms in total. The summed E-state index contributed by atoms with van der Waals surface area (Å²) < 4.78 is 0.756. The molecule has 0 bridgehead atoms. The van der Waals surface area contributed by atoms with E-state index in [1.807, 2.05) is 13.8 Å². The molecule has 0 aliphatic carbocycles. The van der Waals surface area contributed by atoms with Crippen LogP contribution in [0.5, 0.6) is 0 Å². The summed E-state index contributed by atoms with van der Waals surface area (Å²) >= 11 is 0. The second-order valence-electron chi connectivity index (χ2n) is 7.29. The van der Waals surface area contributed by atoms with Crippen molar-refractivity contribution in [3.63, 3.8) is 0 Å². The fourth-order valence-corrected chi connectivity index (χ4v) is 1.79. The quantitative estimate of drug-likeness (QED) is 0.430. The Labute approximate surface area is 141 Å². The number of amides is 2. The average Bonchev–Trinajstić information content (AvgIpc) is 2.33. The number of rotatable bonds is 8. The Balaban J connectivity index is 0. The van der Waals surface area contributed by atoms with Crippen LogP contribution in [-0.4, -0.2) is 68.0 Å². The first-order chi connectivity index (χ1) is 9.36. The van der Waals surface area contributed by atoms with E-state index in [1.165, 1.54) is 0 Å². The van der Waals surface area contributed by atoms with Gasteiger partial charge in [0.2, 0.25) is 11.8 Å². The van der Waals surface area contributed by atoms with Crippen LogP contribution in [0.1, 0.15) is 33.6 Å². The van der Waals surface area contributed by atoms with E-state index >= 15 is 0 Å². The molecule has 0 rings (SSSR count). The van der Waals surface area contributed by atoms with Gasteiger partial charge in [-0.3, -0.25) is 9.59 Å². The molecule has 0 aromatic heterocycles. The number of carbonyl (C=O) groups excluding carboxylic acids is 2. The molecule has 0 unspecified atom stereocenters. The second-order valence-corrected chi connectivity index (χ2v) is 7.29. The summed E-state index contributed by atoms with van der Waals surface area (Å²) in [5.41, 5.74) is 0.241. The molecular formula is C16H32ClN3O2. The SMILES string of the molecule is C=C(C)C(=O)NC(C)(C)CC[N+](C)(C)CCC(=O)N(C)C.[Cl-]. The van der Waals surface area contributed by atoms with Crippen molar-refractivity contribution < 1.29 is 26.5 Å². The van der Waals surface area contributed by atoms with Crippen molar-refractivity contribution >= 4 is 11.8 Å². The summed E-state index contributed by atoms with van der Waals surface area (Å²) in [5, 5.41) is 2.99. The first kappa shape index (κ1) is 23.2. The number of hydrogen-bond acceptors (Lipinski definition) is 2. The predicted octanol–water partition coefficient (Wildman–Crippen LogP) is -1.59. The maximum Gasteiger partial charge on any atom is 0.246 e. The van der Waals surface area contributed by atoms with Gasteiger partial charge in [-0.25, -0.2) is 0 Å². The largest absolute Gasteiger partial charge is 1.00 e. The van der Waals surface area contributed by atoms with Crippen molar-refractivity contribution in [2.24, 2.45) is 0 Å². The van der Waals surface area contributed by atoms with Crippen molar-refractivity contribution in [2.75, 3.05) is 41.3 Å². The second kappa shape index (κ2) is 9.16. The molecule has 0 aromatic rings. The normalized spacial score (nSPS) is 11.4. The van der Waals surface area contributed by atoms with Gasteiger partial charge in [0.15, 0.2) is 0 Å². The molecule has 0 aromatic carbocycles. The van der Waals surface area contributed by atoms with E-state index in [1.54, 1.807) is 25.9 Å². The highest BCUT2D eigenvalue weighted by Crippen LogP contribution is 2.13. The number of halogens is 1. The lowest BCUT2D eigenvalue weighted by Crippen LogP contribution is -3.00. The minimum absolute atomic E-state index is 0. The van der Waals surface area contributed by atoms with Crippen molar-refractivity contribution in [2.45, 2.75) is 39.2 Å². The van der Waals surface area contributed by atoms with Crippen molar-refractivity contribution in [1.82, 2.24) is 10.2 Å². The highest BCUT2D eigenvalue weighted by molar-refractivity contribution is 5.92. The van der Waals surface area contributed by atoms with Crippen LogP contribution in [0, 0.1) is 0 Å². The molecule has 0 radical (unpaired) electrons. The van der Waals surface area contributed by atoms with Gasteiger partial charge in [-0.1, -0.05) is 6.58 Å². The zero-order valence-electron chi connectivity index (χ0n) is 15.1. The maximum atomic E-state index is 11.7. The summed E-state index contributed by atoms with van der Waals surface area (Å²) in [6.07, 6.45) is 1.38. The standard InChI is InChI=1S/C16H31N3O2.ClH/c1-13(2)15(21)17-16(3,4)10-12-19(7,8)11-9-14(20)18(5)6;/h1,9-12H2,2-8H3;1H. The van der Waals surface area contributed by atoms with Crippen LogP contribution >= 0.6 is 0 Å². The third-order valence-electron chi connectivity index (χ3n) is 3.61. The van der Waals surface area contributed by atoms with E-state index in [0.717, 1.165) is 24.0 Å². The highest BCUT2D eigenvalue weighted by Gasteiger charge is 2.26. The molecule has 1 N–H and O–H groups in total. The molecule has 22 heavy (non-hydrogen) atoms. The van der Waals surface area contributed by atoms with E-state index in [2.05, 4.69) is 26.0 Å². The fraction of sp³-hybridized carbons (Fsp3) is 0.750. The fourth-order valence-electron chi connectivity index (χ4n) is 1.79. The minimum atomic E-state index is -0.281. The Morgan fingerprint density at radius 3 is 2.09 bits per heavy atom. The molecule has 0 aliphatic heterocycles. The lowest BCUT2D eigenvalue weighted by Gasteiger charge is -2.34. The molecule has 6 heteroatoms.